The molecule has 2 atom stereocenters. The molecule has 0 aliphatic carbocycles. The first kappa shape index (κ1) is 29.7. The van der Waals surface area contributed by atoms with Gasteiger partial charge in [0.25, 0.3) is 0 Å². The van der Waals surface area contributed by atoms with E-state index in [0.29, 0.717) is 26.1 Å². The van der Waals surface area contributed by atoms with Crippen LogP contribution in [0.1, 0.15) is 85.8 Å². The van der Waals surface area contributed by atoms with E-state index in [1.807, 2.05) is 72.7 Å². The number of esters is 1. The monoisotopic (exact) mass is 500 g/mol. The molecule has 0 N–H and O–H groups in total. The molecule has 0 saturated heterocycles. The minimum atomic E-state index is -0.472. The number of ether oxygens (including phenoxy) is 5. The first-order valence-corrected chi connectivity index (χ1v) is 13.0. The zero-order valence-electron chi connectivity index (χ0n) is 23.3. The second-order valence-corrected chi connectivity index (χ2v) is 9.75. The Morgan fingerprint density at radius 1 is 0.750 bits per heavy atom. The van der Waals surface area contributed by atoms with Crippen molar-refractivity contribution in [3.63, 3.8) is 0 Å². The Morgan fingerprint density at radius 2 is 1.17 bits per heavy atom. The van der Waals surface area contributed by atoms with Gasteiger partial charge >= 0.3 is 5.97 Å². The Balaban J connectivity index is 2.29. The summed E-state index contributed by atoms with van der Waals surface area (Å²) in [5.74, 6) is 1.28. The van der Waals surface area contributed by atoms with E-state index in [4.69, 9.17) is 23.7 Å². The van der Waals surface area contributed by atoms with Gasteiger partial charge in [-0.25, -0.2) is 0 Å². The van der Waals surface area contributed by atoms with Gasteiger partial charge in [0.05, 0.1) is 0 Å². The van der Waals surface area contributed by atoms with Gasteiger partial charge in [0.2, 0.25) is 0 Å². The maximum absolute atomic E-state index is 12.7. The highest BCUT2D eigenvalue weighted by molar-refractivity contribution is 5.70. The van der Waals surface area contributed by atoms with Crippen LogP contribution in [0, 0.1) is 0 Å². The summed E-state index contributed by atoms with van der Waals surface area (Å²) in [5, 5.41) is 0. The van der Waals surface area contributed by atoms with Crippen molar-refractivity contribution in [1.29, 1.82) is 0 Å². The van der Waals surface area contributed by atoms with Crippen LogP contribution >= 0.6 is 0 Å². The highest BCUT2D eigenvalue weighted by Gasteiger charge is 2.31. The summed E-state index contributed by atoms with van der Waals surface area (Å²) < 4.78 is 28.4. The number of hydrogen-bond acceptors (Lipinski definition) is 6. The van der Waals surface area contributed by atoms with Crippen molar-refractivity contribution in [1.82, 2.24) is 0 Å². The molecule has 36 heavy (non-hydrogen) atoms. The SMILES string of the molecule is CCOC(C)Oc1ccc(C(C)(CCC(=O)OC(C)(C)CC)c2ccc(OC(C)OCC)cc2)cc1. The van der Waals surface area contributed by atoms with Gasteiger partial charge in [-0.05, 0) is 89.8 Å². The number of rotatable bonds is 15. The van der Waals surface area contributed by atoms with E-state index in [1.165, 1.54) is 0 Å². The van der Waals surface area contributed by atoms with Crippen LogP contribution in [0.2, 0.25) is 0 Å². The van der Waals surface area contributed by atoms with Crippen molar-refractivity contribution >= 4 is 5.97 Å². The zero-order chi connectivity index (χ0) is 26.8. The van der Waals surface area contributed by atoms with Gasteiger partial charge in [-0.3, -0.25) is 4.79 Å². The lowest BCUT2D eigenvalue weighted by atomic mass is 9.73. The Labute approximate surface area is 217 Å². The molecular weight excluding hydrogens is 456 g/mol. The van der Waals surface area contributed by atoms with Crippen LogP contribution in [0.25, 0.3) is 0 Å². The average molecular weight is 501 g/mol. The molecule has 2 aromatic rings. The van der Waals surface area contributed by atoms with Gasteiger partial charge in [-0.1, -0.05) is 38.1 Å². The molecule has 0 aliphatic heterocycles. The molecule has 6 heteroatoms. The largest absolute Gasteiger partial charge is 0.465 e. The standard InChI is InChI=1S/C30H44O6/c1-9-29(6,7)36-28(31)20-21-30(8,24-12-16-26(17-13-24)34-22(4)32-10-2)25-14-18-27(19-15-25)35-23(5)33-11-3/h12-19,22-23H,9-11,20-21H2,1-8H3. The first-order chi connectivity index (χ1) is 17.0. The fraction of sp³-hybridized carbons (Fsp3) is 0.567. The molecule has 0 amide bonds. The predicted octanol–water partition coefficient (Wildman–Crippen LogP) is 7.03. The summed E-state index contributed by atoms with van der Waals surface area (Å²) >= 11 is 0. The normalized spacial score (nSPS) is 15.0. The van der Waals surface area contributed by atoms with Crippen LogP contribution in [-0.2, 0) is 24.4 Å². The van der Waals surface area contributed by atoms with Crippen LogP contribution in [0.5, 0.6) is 11.5 Å². The number of carbonyl (C=O) groups is 1. The number of hydrogen-bond donors (Lipinski definition) is 0. The molecule has 2 aromatic carbocycles. The van der Waals surface area contributed by atoms with Crippen LogP contribution < -0.4 is 9.47 Å². The predicted molar refractivity (Wildman–Crippen MR) is 142 cm³/mol. The van der Waals surface area contributed by atoms with E-state index in [0.717, 1.165) is 29.0 Å². The van der Waals surface area contributed by atoms with E-state index in [9.17, 15) is 4.79 Å². The van der Waals surface area contributed by atoms with Gasteiger partial charge in [-0.2, -0.15) is 0 Å². The molecular formula is C30H44O6. The van der Waals surface area contributed by atoms with Crippen molar-refractivity contribution in [2.45, 2.75) is 98.2 Å². The van der Waals surface area contributed by atoms with Crippen LogP contribution in [0.4, 0.5) is 0 Å². The average Bonchev–Trinajstić information content (AvgIpc) is 2.83. The molecule has 0 aromatic heterocycles. The lowest BCUT2D eigenvalue weighted by Gasteiger charge is -2.32. The maximum Gasteiger partial charge on any atom is 0.306 e. The van der Waals surface area contributed by atoms with Crippen LogP contribution in [-0.4, -0.2) is 37.4 Å². The van der Waals surface area contributed by atoms with Crippen molar-refractivity contribution in [2.75, 3.05) is 13.2 Å². The van der Waals surface area contributed by atoms with Gasteiger partial charge in [0, 0.05) is 25.0 Å². The van der Waals surface area contributed by atoms with Gasteiger partial charge in [-0.15, -0.1) is 0 Å². The molecule has 2 unspecified atom stereocenters. The van der Waals surface area contributed by atoms with E-state index in [1.54, 1.807) is 0 Å². The molecule has 0 heterocycles. The van der Waals surface area contributed by atoms with Crippen molar-refractivity contribution in [3.8, 4) is 11.5 Å². The quantitative estimate of drug-likeness (QED) is 0.193. The highest BCUT2D eigenvalue weighted by Crippen LogP contribution is 2.38. The summed E-state index contributed by atoms with van der Waals surface area (Å²) in [5.41, 5.74) is 1.26. The first-order valence-electron chi connectivity index (χ1n) is 13.0. The lowest BCUT2D eigenvalue weighted by molar-refractivity contribution is -0.157. The fourth-order valence-corrected chi connectivity index (χ4v) is 3.96. The Morgan fingerprint density at radius 3 is 1.53 bits per heavy atom. The summed E-state index contributed by atoms with van der Waals surface area (Å²) in [7, 11) is 0. The molecule has 0 fully saturated rings. The Hall–Kier alpha value is -2.57. The van der Waals surface area contributed by atoms with E-state index in [2.05, 4.69) is 31.2 Å². The minimum Gasteiger partial charge on any atom is -0.465 e. The topological polar surface area (TPSA) is 63.2 Å². The lowest BCUT2D eigenvalue weighted by Crippen LogP contribution is -2.29. The third-order valence-electron chi connectivity index (χ3n) is 6.46. The second-order valence-electron chi connectivity index (χ2n) is 9.75. The Bertz CT molecular complexity index is 862. The molecule has 0 radical (unpaired) electrons. The molecule has 2 rings (SSSR count). The third kappa shape index (κ3) is 8.82. The van der Waals surface area contributed by atoms with Crippen molar-refractivity contribution < 1.29 is 28.5 Å². The smallest absolute Gasteiger partial charge is 0.306 e. The summed E-state index contributed by atoms with van der Waals surface area (Å²) in [6.07, 6.45) is 1.01. The van der Waals surface area contributed by atoms with E-state index >= 15 is 0 Å². The van der Waals surface area contributed by atoms with Crippen LogP contribution in [0.3, 0.4) is 0 Å². The van der Waals surface area contributed by atoms with Crippen LogP contribution in [0.15, 0.2) is 48.5 Å². The highest BCUT2D eigenvalue weighted by atomic mass is 16.7. The van der Waals surface area contributed by atoms with Gasteiger partial charge < -0.3 is 23.7 Å². The van der Waals surface area contributed by atoms with Crippen molar-refractivity contribution in [2.24, 2.45) is 0 Å². The van der Waals surface area contributed by atoms with Gasteiger partial charge in [0.1, 0.15) is 17.1 Å². The Kier molecular flexibility index (Phi) is 11.3. The molecule has 0 spiro atoms. The van der Waals surface area contributed by atoms with Crippen molar-refractivity contribution in [3.05, 3.63) is 59.7 Å². The molecule has 0 aliphatic rings. The summed E-state index contributed by atoms with van der Waals surface area (Å²) in [4.78, 5) is 12.7. The molecule has 0 bridgehead atoms. The number of carbonyl (C=O) groups excluding carboxylic acids is 1. The van der Waals surface area contributed by atoms with E-state index < -0.39 is 11.0 Å². The third-order valence-corrected chi connectivity index (χ3v) is 6.46. The minimum absolute atomic E-state index is 0.191. The fourth-order valence-electron chi connectivity index (χ4n) is 3.96. The molecule has 0 saturated carbocycles. The number of benzene rings is 2. The molecule has 200 valence electrons. The summed E-state index contributed by atoms with van der Waals surface area (Å²) in [6, 6.07) is 16.0. The maximum atomic E-state index is 12.7. The second kappa shape index (κ2) is 13.7. The molecule has 6 nitrogen and oxygen atoms in total. The van der Waals surface area contributed by atoms with E-state index in [-0.39, 0.29) is 18.5 Å². The zero-order valence-corrected chi connectivity index (χ0v) is 23.3. The van der Waals surface area contributed by atoms with Gasteiger partial charge in [0.15, 0.2) is 12.6 Å². The summed E-state index contributed by atoms with van der Waals surface area (Å²) in [6.45, 7) is 16.9.